The predicted octanol–water partition coefficient (Wildman–Crippen LogP) is 3.50. The van der Waals surface area contributed by atoms with Gasteiger partial charge < -0.3 is 5.32 Å². The summed E-state index contributed by atoms with van der Waals surface area (Å²) in [6.07, 6.45) is 1.84. The third-order valence-electron chi connectivity index (χ3n) is 4.98. The first-order chi connectivity index (χ1) is 14.6. The SMILES string of the molecule is Cn1nc(C(=O)Nc2c(-c3ccccc3)nc3ccccn23)c2ccccc2c1=O. The van der Waals surface area contributed by atoms with Gasteiger partial charge in [-0.25, -0.2) is 9.67 Å². The van der Waals surface area contributed by atoms with E-state index in [4.69, 9.17) is 4.98 Å². The van der Waals surface area contributed by atoms with Crippen molar-refractivity contribution in [3.8, 4) is 11.3 Å². The average molecular weight is 395 g/mol. The summed E-state index contributed by atoms with van der Waals surface area (Å²) >= 11 is 0. The Morgan fingerprint density at radius 1 is 0.900 bits per heavy atom. The molecule has 0 radical (unpaired) electrons. The molecule has 7 nitrogen and oxygen atoms in total. The number of hydrogen-bond acceptors (Lipinski definition) is 4. The van der Waals surface area contributed by atoms with Gasteiger partial charge in [-0.15, -0.1) is 0 Å². The van der Waals surface area contributed by atoms with Gasteiger partial charge >= 0.3 is 0 Å². The molecular weight excluding hydrogens is 378 g/mol. The third-order valence-corrected chi connectivity index (χ3v) is 4.98. The zero-order valence-electron chi connectivity index (χ0n) is 16.1. The quantitative estimate of drug-likeness (QED) is 0.507. The molecule has 1 N–H and O–H groups in total. The number of aromatic nitrogens is 4. The van der Waals surface area contributed by atoms with E-state index >= 15 is 0 Å². The zero-order valence-corrected chi connectivity index (χ0v) is 16.1. The summed E-state index contributed by atoms with van der Waals surface area (Å²) in [6.45, 7) is 0. The number of benzene rings is 2. The van der Waals surface area contributed by atoms with Crippen LogP contribution in [0.1, 0.15) is 10.5 Å². The summed E-state index contributed by atoms with van der Waals surface area (Å²) in [5.74, 6) is 0.131. The molecule has 5 rings (SSSR count). The molecule has 0 atom stereocenters. The van der Waals surface area contributed by atoms with Crippen LogP contribution in [0.5, 0.6) is 0 Å². The monoisotopic (exact) mass is 395 g/mol. The van der Waals surface area contributed by atoms with Crippen LogP contribution in [0.2, 0.25) is 0 Å². The Morgan fingerprint density at radius 2 is 1.60 bits per heavy atom. The maximum absolute atomic E-state index is 13.3. The van der Waals surface area contributed by atoms with Gasteiger partial charge in [-0.1, -0.05) is 54.6 Å². The number of carbonyl (C=O) groups is 1. The molecule has 146 valence electrons. The van der Waals surface area contributed by atoms with E-state index in [9.17, 15) is 9.59 Å². The van der Waals surface area contributed by atoms with Crippen molar-refractivity contribution in [3.63, 3.8) is 0 Å². The number of fused-ring (bicyclic) bond motifs is 2. The van der Waals surface area contributed by atoms with E-state index in [-0.39, 0.29) is 11.3 Å². The third kappa shape index (κ3) is 2.84. The summed E-state index contributed by atoms with van der Waals surface area (Å²) in [4.78, 5) is 30.4. The normalized spacial score (nSPS) is 11.1. The highest BCUT2D eigenvalue weighted by molar-refractivity contribution is 6.11. The number of anilines is 1. The lowest BCUT2D eigenvalue weighted by Gasteiger charge is -2.10. The first kappa shape index (κ1) is 17.8. The first-order valence-corrected chi connectivity index (χ1v) is 9.43. The summed E-state index contributed by atoms with van der Waals surface area (Å²) in [5, 5.41) is 8.15. The molecule has 0 aliphatic rings. The average Bonchev–Trinajstić information content (AvgIpc) is 3.15. The van der Waals surface area contributed by atoms with Crippen LogP contribution in [0.25, 0.3) is 27.7 Å². The number of amides is 1. The summed E-state index contributed by atoms with van der Waals surface area (Å²) in [6, 6.07) is 22.3. The molecule has 0 aliphatic carbocycles. The standard InChI is InChI=1S/C23H17N5O2/c1-27-23(30)17-12-6-5-11-16(17)20(26-27)22(29)25-21-19(15-9-3-2-4-10-15)24-18-13-7-8-14-28(18)21/h2-14H,1H3,(H,25,29). The second-order valence-electron chi connectivity index (χ2n) is 6.88. The van der Waals surface area contributed by atoms with Crippen molar-refractivity contribution in [2.75, 3.05) is 5.32 Å². The van der Waals surface area contributed by atoms with Crippen molar-refractivity contribution >= 4 is 28.1 Å². The Kier molecular flexibility index (Phi) is 4.14. The van der Waals surface area contributed by atoms with E-state index in [1.807, 2.05) is 59.1 Å². The number of nitrogens with zero attached hydrogens (tertiary/aromatic N) is 4. The number of rotatable bonds is 3. The first-order valence-electron chi connectivity index (χ1n) is 9.43. The lowest BCUT2D eigenvalue weighted by Crippen LogP contribution is -2.25. The number of carbonyl (C=O) groups excluding carboxylic acids is 1. The summed E-state index contributed by atoms with van der Waals surface area (Å²) in [7, 11) is 1.54. The van der Waals surface area contributed by atoms with Gasteiger partial charge in [-0.3, -0.25) is 14.0 Å². The molecule has 3 heterocycles. The Balaban J connectivity index is 1.67. The number of hydrogen-bond donors (Lipinski definition) is 1. The smallest absolute Gasteiger partial charge is 0.277 e. The van der Waals surface area contributed by atoms with Crippen LogP contribution < -0.4 is 10.9 Å². The lowest BCUT2D eigenvalue weighted by atomic mass is 10.1. The molecule has 5 aromatic rings. The highest BCUT2D eigenvalue weighted by atomic mass is 16.2. The van der Waals surface area contributed by atoms with E-state index in [0.717, 1.165) is 5.56 Å². The zero-order chi connectivity index (χ0) is 20.7. The minimum atomic E-state index is -0.412. The van der Waals surface area contributed by atoms with Crippen molar-refractivity contribution in [2.24, 2.45) is 7.05 Å². The summed E-state index contributed by atoms with van der Waals surface area (Å²) in [5.41, 5.74) is 2.18. The Labute approximate surface area is 171 Å². The van der Waals surface area contributed by atoms with E-state index in [1.165, 1.54) is 11.7 Å². The maximum Gasteiger partial charge on any atom is 0.277 e. The van der Waals surface area contributed by atoms with Crippen LogP contribution in [0.3, 0.4) is 0 Å². The van der Waals surface area contributed by atoms with Crippen LogP contribution >= 0.6 is 0 Å². The van der Waals surface area contributed by atoms with E-state index in [2.05, 4.69) is 10.4 Å². The van der Waals surface area contributed by atoms with E-state index in [1.54, 1.807) is 24.3 Å². The van der Waals surface area contributed by atoms with Gasteiger partial charge in [0.05, 0.1) is 5.39 Å². The van der Waals surface area contributed by atoms with Gasteiger partial charge in [0.25, 0.3) is 11.5 Å². The number of nitrogens with one attached hydrogen (secondary N) is 1. The van der Waals surface area contributed by atoms with Crippen LogP contribution in [-0.2, 0) is 7.05 Å². The minimum Gasteiger partial charge on any atom is -0.304 e. The van der Waals surface area contributed by atoms with E-state index < -0.39 is 5.91 Å². The maximum atomic E-state index is 13.3. The fourth-order valence-corrected chi connectivity index (χ4v) is 3.55. The number of pyridine rings is 1. The minimum absolute atomic E-state index is 0.178. The predicted molar refractivity (Wildman–Crippen MR) is 116 cm³/mol. The fourth-order valence-electron chi connectivity index (χ4n) is 3.55. The molecule has 30 heavy (non-hydrogen) atoms. The molecule has 2 aromatic carbocycles. The molecule has 0 fully saturated rings. The van der Waals surface area contributed by atoms with Crippen LogP contribution in [0, 0.1) is 0 Å². The Bertz CT molecular complexity index is 1470. The van der Waals surface area contributed by atoms with Gasteiger partial charge in [-0.2, -0.15) is 5.10 Å². The Hall–Kier alpha value is -4.26. The molecule has 0 aliphatic heterocycles. The highest BCUT2D eigenvalue weighted by Crippen LogP contribution is 2.29. The van der Waals surface area contributed by atoms with Gasteiger partial charge in [0.1, 0.15) is 17.2 Å². The molecule has 0 bridgehead atoms. The molecule has 1 amide bonds. The highest BCUT2D eigenvalue weighted by Gasteiger charge is 2.20. The molecular formula is C23H17N5O2. The molecule has 0 spiro atoms. The molecule has 0 saturated carbocycles. The number of imidazole rings is 1. The Morgan fingerprint density at radius 3 is 2.40 bits per heavy atom. The molecule has 0 saturated heterocycles. The summed E-state index contributed by atoms with van der Waals surface area (Å²) < 4.78 is 3.01. The second-order valence-corrected chi connectivity index (χ2v) is 6.88. The van der Waals surface area contributed by atoms with Gasteiger partial charge in [0, 0.05) is 24.2 Å². The molecule has 0 unspecified atom stereocenters. The molecule has 3 aromatic heterocycles. The fraction of sp³-hybridized carbons (Fsp3) is 0.0435. The van der Waals surface area contributed by atoms with Crippen LogP contribution in [0.4, 0.5) is 5.82 Å². The van der Waals surface area contributed by atoms with Gasteiger partial charge in [0.2, 0.25) is 0 Å². The van der Waals surface area contributed by atoms with Crippen LogP contribution in [-0.4, -0.2) is 25.1 Å². The second kappa shape index (κ2) is 6.97. The number of aryl methyl sites for hydroxylation is 1. The van der Waals surface area contributed by atoms with Crippen molar-refractivity contribution in [1.29, 1.82) is 0 Å². The van der Waals surface area contributed by atoms with Crippen molar-refractivity contribution in [2.45, 2.75) is 0 Å². The molecule has 7 heteroatoms. The van der Waals surface area contributed by atoms with Gasteiger partial charge in [0.15, 0.2) is 5.69 Å². The van der Waals surface area contributed by atoms with Gasteiger partial charge in [-0.05, 0) is 18.2 Å². The topological polar surface area (TPSA) is 81.3 Å². The van der Waals surface area contributed by atoms with Crippen molar-refractivity contribution < 1.29 is 4.79 Å². The van der Waals surface area contributed by atoms with E-state index in [0.29, 0.717) is 27.9 Å². The van der Waals surface area contributed by atoms with Crippen molar-refractivity contribution in [1.82, 2.24) is 19.2 Å². The van der Waals surface area contributed by atoms with Crippen LogP contribution in [0.15, 0.2) is 83.8 Å². The van der Waals surface area contributed by atoms with Crippen molar-refractivity contribution in [3.05, 3.63) is 95.0 Å². The largest absolute Gasteiger partial charge is 0.304 e. The lowest BCUT2D eigenvalue weighted by molar-refractivity contribution is 0.102.